The zero-order valence-corrected chi connectivity index (χ0v) is 9.06. The zero-order chi connectivity index (χ0) is 11.3. The minimum atomic E-state index is -0.276. The third-order valence-corrected chi connectivity index (χ3v) is 1.91. The van der Waals surface area contributed by atoms with Gasteiger partial charge in [-0.3, -0.25) is 14.6 Å². The maximum atomic E-state index is 11.6. The number of amides is 1. The van der Waals surface area contributed by atoms with Crippen LogP contribution in [0.2, 0.25) is 0 Å². The highest BCUT2D eigenvalue weighted by atomic mass is 16.7. The maximum absolute atomic E-state index is 11.6. The number of ether oxygens (including phenoxy) is 1. The molecule has 0 saturated heterocycles. The number of rotatable bonds is 4. The Balaban J connectivity index is 2.75. The molecule has 0 aliphatic carbocycles. The van der Waals surface area contributed by atoms with Crippen molar-refractivity contribution in [3.8, 4) is 0 Å². The summed E-state index contributed by atoms with van der Waals surface area (Å²) in [5.74, 6) is -0.276. The summed E-state index contributed by atoms with van der Waals surface area (Å²) >= 11 is 0. The van der Waals surface area contributed by atoms with Crippen molar-refractivity contribution >= 4 is 5.91 Å². The summed E-state index contributed by atoms with van der Waals surface area (Å²) in [6.45, 7) is 0.488. The van der Waals surface area contributed by atoms with Gasteiger partial charge in [0.25, 0.3) is 5.91 Å². The van der Waals surface area contributed by atoms with Crippen LogP contribution in [0.5, 0.6) is 0 Å². The Morgan fingerprint density at radius 1 is 1.47 bits per heavy atom. The van der Waals surface area contributed by atoms with Crippen LogP contribution >= 0.6 is 0 Å². The summed E-state index contributed by atoms with van der Waals surface area (Å²) in [4.78, 5) is 20.3. The predicted molar refractivity (Wildman–Crippen MR) is 54.1 cm³/mol. The molecule has 5 heteroatoms. The number of carbonyl (C=O) groups is 1. The van der Waals surface area contributed by atoms with Gasteiger partial charge in [-0.2, -0.15) is 0 Å². The number of pyridine rings is 1. The van der Waals surface area contributed by atoms with Crippen LogP contribution in [-0.4, -0.2) is 37.2 Å². The van der Waals surface area contributed by atoms with Crippen LogP contribution in [-0.2, 0) is 16.2 Å². The highest BCUT2D eigenvalue weighted by Gasteiger charge is 2.11. The molecule has 1 aromatic heterocycles. The summed E-state index contributed by atoms with van der Waals surface area (Å²) in [6.07, 6.45) is 1.61. The predicted octanol–water partition coefficient (Wildman–Crippen LogP) is 0.861. The second-order valence-electron chi connectivity index (χ2n) is 2.97. The van der Waals surface area contributed by atoms with Crippen molar-refractivity contribution < 1.29 is 14.4 Å². The lowest BCUT2D eigenvalue weighted by atomic mass is 10.2. The van der Waals surface area contributed by atoms with Gasteiger partial charge in [0.1, 0.15) is 5.69 Å². The quantitative estimate of drug-likeness (QED) is 0.692. The number of aromatic nitrogens is 1. The van der Waals surface area contributed by atoms with Crippen LogP contribution in [0.1, 0.15) is 16.1 Å². The molecule has 0 aromatic carbocycles. The first-order valence-corrected chi connectivity index (χ1v) is 4.45. The van der Waals surface area contributed by atoms with Gasteiger partial charge in [-0.05, 0) is 11.6 Å². The van der Waals surface area contributed by atoms with Gasteiger partial charge in [0, 0.05) is 20.4 Å². The summed E-state index contributed by atoms with van der Waals surface area (Å²) in [6, 6.07) is 3.44. The summed E-state index contributed by atoms with van der Waals surface area (Å²) in [5.41, 5.74) is 1.27. The number of hydrogen-bond acceptors (Lipinski definition) is 4. The fourth-order valence-electron chi connectivity index (χ4n) is 1.05. The molecule has 1 amide bonds. The van der Waals surface area contributed by atoms with Gasteiger partial charge in [0.15, 0.2) is 0 Å². The van der Waals surface area contributed by atoms with Gasteiger partial charge in [-0.1, -0.05) is 6.07 Å². The molecule has 15 heavy (non-hydrogen) atoms. The van der Waals surface area contributed by atoms with E-state index in [1.165, 1.54) is 14.2 Å². The Morgan fingerprint density at radius 3 is 2.67 bits per heavy atom. The third-order valence-electron chi connectivity index (χ3n) is 1.91. The fourth-order valence-corrected chi connectivity index (χ4v) is 1.05. The lowest BCUT2D eigenvalue weighted by Crippen LogP contribution is -2.26. The SMILES string of the molecule is COCc1ccc(C(=O)N(C)OC)nc1. The molecular formula is C10H14N2O3. The molecule has 1 aromatic rings. The highest BCUT2D eigenvalue weighted by molar-refractivity contribution is 5.91. The first-order chi connectivity index (χ1) is 7.19. The number of nitrogens with zero attached hydrogens (tertiary/aromatic N) is 2. The zero-order valence-electron chi connectivity index (χ0n) is 9.06. The lowest BCUT2D eigenvalue weighted by molar-refractivity contribution is -0.0760. The van der Waals surface area contributed by atoms with Gasteiger partial charge in [-0.25, -0.2) is 5.06 Å². The molecule has 0 saturated carbocycles. The molecular weight excluding hydrogens is 196 g/mol. The van der Waals surface area contributed by atoms with Gasteiger partial charge in [0.2, 0.25) is 0 Å². The Bertz CT molecular complexity index is 324. The molecule has 0 bridgehead atoms. The molecule has 0 unspecified atom stereocenters. The van der Waals surface area contributed by atoms with Crippen LogP contribution in [0, 0.1) is 0 Å². The van der Waals surface area contributed by atoms with Crippen LogP contribution in [0.4, 0.5) is 0 Å². The normalized spacial score (nSPS) is 10.1. The van der Waals surface area contributed by atoms with Crippen LogP contribution in [0.25, 0.3) is 0 Å². The van der Waals surface area contributed by atoms with E-state index in [4.69, 9.17) is 9.57 Å². The van der Waals surface area contributed by atoms with E-state index >= 15 is 0 Å². The van der Waals surface area contributed by atoms with Crippen molar-refractivity contribution in [2.45, 2.75) is 6.61 Å². The van der Waals surface area contributed by atoms with E-state index in [2.05, 4.69) is 4.98 Å². The minimum absolute atomic E-state index is 0.276. The molecule has 0 fully saturated rings. The van der Waals surface area contributed by atoms with Crippen LogP contribution < -0.4 is 0 Å². The molecule has 0 aliphatic rings. The Hall–Kier alpha value is -1.46. The topological polar surface area (TPSA) is 51.7 Å². The molecule has 5 nitrogen and oxygen atoms in total. The van der Waals surface area contributed by atoms with Gasteiger partial charge >= 0.3 is 0 Å². The van der Waals surface area contributed by atoms with Gasteiger partial charge in [-0.15, -0.1) is 0 Å². The molecule has 1 rings (SSSR count). The molecule has 0 N–H and O–H groups in total. The van der Waals surface area contributed by atoms with Gasteiger partial charge in [0.05, 0.1) is 13.7 Å². The first-order valence-electron chi connectivity index (χ1n) is 4.45. The van der Waals surface area contributed by atoms with E-state index in [9.17, 15) is 4.79 Å². The van der Waals surface area contributed by atoms with E-state index in [0.717, 1.165) is 10.6 Å². The number of hydroxylamine groups is 2. The van der Waals surface area contributed by atoms with E-state index in [1.54, 1.807) is 25.4 Å². The third kappa shape index (κ3) is 3.00. The largest absolute Gasteiger partial charge is 0.380 e. The Labute approximate surface area is 88.6 Å². The maximum Gasteiger partial charge on any atom is 0.295 e. The minimum Gasteiger partial charge on any atom is -0.380 e. The standard InChI is InChI=1S/C10H14N2O3/c1-12(15-3)10(13)9-5-4-8(6-11-9)7-14-2/h4-6H,7H2,1-3H3. The number of hydrogen-bond donors (Lipinski definition) is 0. The summed E-state index contributed by atoms with van der Waals surface area (Å²) in [7, 11) is 4.57. The molecule has 82 valence electrons. The molecule has 0 aliphatic heterocycles. The van der Waals surface area contributed by atoms with Crippen molar-refractivity contribution in [2.24, 2.45) is 0 Å². The van der Waals surface area contributed by atoms with E-state index < -0.39 is 0 Å². The Morgan fingerprint density at radius 2 is 2.20 bits per heavy atom. The molecule has 0 radical (unpaired) electrons. The van der Waals surface area contributed by atoms with Crippen molar-refractivity contribution in [3.05, 3.63) is 29.6 Å². The van der Waals surface area contributed by atoms with E-state index in [-0.39, 0.29) is 5.91 Å². The molecule has 0 spiro atoms. The first kappa shape index (κ1) is 11.6. The van der Waals surface area contributed by atoms with Crippen molar-refractivity contribution in [3.63, 3.8) is 0 Å². The molecule has 1 heterocycles. The lowest BCUT2D eigenvalue weighted by Gasteiger charge is -2.12. The van der Waals surface area contributed by atoms with Crippen molar-refractivity contribution in [2.75, 3.05) is 21.3 Å². The highest BCUT2D eigenvalue weighted by Crippen LogP contribution is 2.04. The second kappa shape index (κ2) is 5.43. The van der Waals surface area contributed by atoms with Crippen molar-refractivity contribution in [1.82, 2.24) is 10.0 Å². The fraction of sp³-hybridized carbons (Fsp3) is 0.400. The number of methoxy groups -OCH3 is 1. The summed E-state index contributed by atoms with van der Waals surface area (Å²) < 4.78 is 4.94. The monoisotopic (exact) mass is 210 g/mol. The number of carbonyl (C=O) groups excluding carboxylic acids is 1. The second-order valence-corrected chi connectivity index (χ2v) is 2.97. The van der Waals surface area contributed by atoms with E-state index in [1.807, 2.05) is 0 Å². The smallest absolute Gasteiger partial charge is 0.295 e. The molecule has 0 atom stereocenters. The van der Waals surface area contributed by atoms with Crippen LogP contribution in [0.3, 0.4) is 0 Å². The van der Waals surface area contributed by atoms with Crippen molar-refractivity contribution in [1.29, 1.82) is 0 Å². The van der Waals surface area contributed by atoms with Gasteiger partial charge < -0.3 is 4.74 Å². The average molecular weight is 210 g/mol. The van der Waals surface area contributed by atoms with Crippen LogP contribution in [0.15, 0.2) is 18.3 Å². The average Bonchev–Trinajstić information content (AvgIpc) is 2.28. The van der Waals surface area contributed by atoms with E-state index in [0.29, 0.717) is 12.3 Å². The summed E-state index contributed by atoms with van der Waals surface area (Å²) in [5, 5.41) is 1.12. The Kier molecular flexibility index (Phi) is 4.20.